The Morgan fingerprint density at radius 1 is 1.27 bits per heavy atom. The van der Waals surface area contributed by atoms with E-state index >= 15 is 0 Å². The van der Waals surface area contributed by atoms with Gasteiger partial charge in [-0.15, -0.1) is 10.2 Å². The molecule has 0 radical (unpaired) electrons. The first-order chi connectivity index (χ1) is 10.4. The van der Waals surface area contributed by atoms with Crippen molar-refractivity contribution in [1.29, 1.82) is 0 Å². The number of carbonyl (C=O) groups excluding carboxylic acids is 1. The van der Waals surface area contributed by atoms with Gasteiger partial charge in [-0.3, -0.25) is 4.79 Å². The molecule has 2 aliphatic heterocycles. The zero-order valence-electron chi connectivity index (χ0n) is 11.7. The largest absolute Gasteiger partial charge is 0.451 e. The zero-order valence-corrected chi connectivity index (χ0v) is 11.7. The van der Waals surface area contributed by atoms with E-state index < -0.39 is 18.1 Å². The average Bonchev–Trinajstić information content (AvgIpc) is 2.90. The summed E-state index contributed by atoms with van der Waals surface area (Å²) in [4.78, 5) is 13.8. The highest BCUT2D eigenvalue weighted by Gasteiger charge is 2.40. The summed E-state index contributed by atoms with van der Waals surface area (Å²) in [5, 5.41) is 6.74. The van der Waals surface area contributed by atoms with Crippen molar-refractivity contribution in [3.63, 3.8) is 0 Å². The Bertz CT molecular complexity index is 566. The van der Waals surface area contributed by atoms with E-state index in [0.717, 1.165) is 4.57 Å². The smallest absolute Gasteiger partial charge is 0.367 e. The van der Waals surface area contributed by atoms with E-state index in [-0.39, 0.29) is 37.4 Å². The molecule has 0 saturated carbocycles. The summed E-state index contributed by atoms with van der Waals surface area (Å²) < 4.78 is 44.7. The molecule has 122 valence electrons. The Morgan fingerprint density at radius 2 is 2.05 bits per heavy atom. The van der Waals surface area contributed by atoms with E-state index in [9.17, 15) is 18.0 Å². The number of halogens is 3. The van der Waals surface area contributed by atoms with Crippen LogP contribution in [0.1, 0.15) is 24.5 Å². The minimum atomic E-state index is -4.54. The number of rotatable bonds is 1. The molecule has 0 aromatic carbocycles. The Hall–Kier alpha value is -1.68. The predicted molar refractivity (Wildman–Crippen MR) is 67.4 cm³/mol. The molecular formula is C12H16F3N5O2. The molecule has 7 nitrogen and oxygen atoms in total. The van der Waals surface area contributed by atoms with E-state index in [1.807, 2.05) is 0 Å². The molecule has 0 bridgehead atoms. The van der Waals surface area contributed by atoms with Crippen molar-refractivity contribution in [3.8, 4) is 0 Å². The number of hydrogen-bond acceptors (Lipinski definition) is 5. The van der Waals surface area contributed by atoms with Gasteiger partial charge in [0, 0.05) is 19.1 Å². The van der Waals surface area contributed by atoms with Crippen LogP contribution in [0.2, 0.25) is 0 Å². The third-order valence-electron chi connectivity index (χ3n) is 3.90. The molecule has 3 rings (SSSR count). The molecule has 0 spiro atoms. The van der Waals surface area contributed by atoms with Crippen molar-refractivity contribution < 1.29 is 22.7 Å². The van der Waals surface area contributed by atoms with Crippen LogP contribution in [0.3, 0.4) is 0 Å². The Morgan fingerprint density at radius 3 is 2.68 bits per heavy atom. The lowest BCUT2D eigenvalue weighted by Crippen LogP contribution is -2.48. The molecule has 10 heteroatoms. The molecule has 3 heterocycles. The molecule has 1 amide bonds. The molecule has 2 N–H and O–H groups in total. The predicted octanol–water partition coefficient (Wildman–Crippen LogP) is 0.145. The number of hydrogen-bond donors (Lipinski definition) is 1. The molecule has 0 unspecified atom stereocenters. The number of alkyl halides is 3. The summed E-state index contributed by atoms with van der Waals surface area (Å²) >= 11 is 0. The molecule has 22 heavy (non-hydrogen) atoms. The fraction of sp³-hybridized carbons (Fsp3) is 0.750. The van der Waals surface area contributed by atoms with Crippen LogP contribution in [-0.4, -0.2) is 50.9 Å². The quantitative estimate of drug-likeness (QED) is 0.796. The van der Waals surface area contributed by atoms with E-state index in [4.69, 9.17) is 10.5 Å². The molecular weight excluding hydrogens is 303 g/mol. The summed E-state index contributed by atoms with van der Waals surface area (Å²) in [6.07, 6.45) is -3.90. The van der Waals surface area contributed by atoms with Gasteiger partial charge < -0.3 is 19.9 Å². The third kappa shape index (κ3) is 2.80. The number of fused-ring (bicyclic) bond motifs is 1. The van der Waals surface area contributed by atoms with Gasteiger partial charge in [0.15, 0.2) is 5.82 Å². The lowest BCUT2D eigenvalue weighted by Gasteiger charge is -2.33. The van der Waals surface area contributed by atoms with E-state index in [0.29, 0.717) is 19.4 Å². The molecule has 1 aromatic rings. The highest BCUT2D eigenvalue weighted by molar-refractivity contribution is 5.81. The number of nitrogens with zero attached hydrogens (tertiary/aromatic N) is 4. The van der Waals surface area contributed by atoms with E-state index in [1.54, 1.807) is 0 Å². The summed E-state index contributed by atoms with van der Waals surface area (Å²) in [7, 11) is 0. The minimum Gasteiger partial charge on any atom is -0.367 e. The van der Waals surface area contributed by atoms with Crippen molar-refractivity contribution in [2.24, 2.45) is 5.73 Å². The molecule has 1 aromatic heterocycles. The zero-order chi connectivity index (χ0) is 15.9. The number of aromatic nitrogens is 3. The summed E-state index contributed by atoms with van der Waals surface area (Å²) in [5.41, 5.74) is 5.70. The lowest BCUT2D eigenvalue weighted by molar-refractivity contribution is -0.151. The van der Waals surface area contributed by atoms with Gasteiger partial charge in [-0.1, -0.05) is 0 Å². The maximum Gasteiger partial charge on any atom is 0.451 e. The van der Waals surface area contributed by atoms with Gasteiger partial charge in [0.05, 0.1) is 13.2 Å². The van der Waals surface area contributed by atoms with E-state index in [1.165, 1.54) is 4.90 Å². The molecule has 1 fully saturated rings. The summed E-state index contributed by atoms with van der Waals surface area (Å²) in [6.45, 7) is 0.528. The van der Waals surface area contributed by atoms with Crippen molar-refractivity contribution in [2.45, 2.75) is 44.3 Å². The van der Waals surface area contributed by atoms with Gasteiger partial charge in [0.25, 0.3) is 5.91 Å². The van der Waals surface area contributed by atoms with Crippen LogP contribution in [0.4, 0.5) is 13.2 Å². The minimum absolute atomic E-state index is 0.00776. The number of amides is 1. The topological polar surface area (TPSA) is 86.3 Å². The van der Waals surface area contributed by atoms with Crippen LogP contribution in [0.25, 0.3) is 0 Å². The fourth-order valence-corrected chi connectivity index (χ4v) is 2.73. The lowest BCUT2D eigenvalue weighted by atomic mass is 10.0. The maximum absolute atomic E-state index is 12.8. The Labute approximate surface area is 124 Å². The fourth-order valence-electron chi connectivity index (χ4n) is 2.73. The number of nitrogens with two attached hydrogens (primary N) is 1. The van der Waals surface area contributed by atoms with Gasteiger partial charge in [-0.05, 0) is 12.8 Å². The molecule has 1 saturated heterocycles. The second kappa shape index (κ2) is 5.51. The maximum atomic E-state index is 12.8. The Kier molecular flexibility index (Phi) is 3.81. The van der Waals surface area contributed by atoms with Crippen LogP contribution in [-0.2, 0) is 28.8 Å². The summed E-state index contributed by atoms with van der Waals surface area (Å²) in [5.74, 6) is -1.11. The molecule has 0 aliphatic carbocycles. The molecule has 2 aliphatic rings. The third-order valence-corrected chi connectivity index (χ3v) is 3.90. The van der Waals surface area contributed by atoms with Gasteiger partial charge in [-0.2, -0.15) is 13.2 Å². The van der Waals surface area contributed by atoms with Gasteiger partial charge in [0.2, 0.25) is 5.82 Å². The van der Waals surface area contributed by atoms with Gasteiger partial charge in [-0.25, -0.2) is 0 Å². The van der Waals surface area contributed by atoms with Crippen LogP contribution >= 0.6 is 0 Å². The summed E-state index contributed by atoms with van der Waals surface area (Å²) in [6, 6.07) is -0.0668. The average molecular weight is 319 g/mol. The van der Waals surface area contributed by atoms with Gasteiger partial charge >= 0.3 is 6.18 Å². The normalized spacial score (nSPS) is 25.9. The highest BCUT2D eigenvalue weighted by atomic mass is 19.4. The second-order valence-electron chi connectivity index (χ2n) is 5.51. The van der Waals surface area contributed by atoms with Gasteiger partial charge in [0.1, 0.15) is 6.10 Å². The first-order valence-electron chi connectivity index (χ1n) is 7.01. The van der Waals surface area contributed by atoms with Crippen LogP contribution < -0.4 is 5.73 Å². The van der Waals surface area contributed by atoms with Crippen molar-refractivity contribution in [3.05, 3.63) is 11.6 Å². The second-order valence-corrected chi connectivity index (χ2v) is 5.51. The monoisotopic (exact) mass is 319 g/mol. The van der Waals surface area contributed by atoms with Crippen molar-refractivity contribution >= 4 is 5.91 Å². The van der Waals surface area contributed by atoms with Crippen LogP contribution in [0.15, 0.2) is 0 Å². The van der Waals surface area contributed by atoms with Crippen LogP contribution in [0.5, 0.6) is 0 Å². The number of carbonyl (C=O) groups is 1. The number of ether oxygens (including phenoxy) is 1. The van der Waals surface area contributed by atoms with Crippen molar-refractivity contribution in [2.75, 3.05) is 13.2 Å². The Balaban J connectivity index is 1.70. The van der Waals surface area contributed by atoms with Crippen LogP contribution in [0, 0.1) is 0 Å². The SMILES string of the molecule is N[C@@H]1CC[C@@H](C(=O)N2CCn3c(nnc3C(F)(F)F)C2)OC1. The van der Waals surface area contributed by atoms with Crippen molar-refractivity contribution in [1.82, 2.24) is 19.7 Å². The highest BCUT2D eigenvalue weighted by Crippen LogP contribution is 2.29. The van der Waals surface area contributed by atoms with E-state index in [2.05, 4.69) is 10.2 Å². The molecule has 2 atom stereocenters. The standard InChI is InChI=1S/C12H16F3N5O2/c13-12(14,15)11-18-17-9-5-19(3-4-20(9)11)10(21)8-2-1-7(16)6-22-8/h7-8H,1-6,16H2/t7-,8+/m1/s1. The first-order valence-corrected chi connectivity index (χ1v) is 7.01. The first kappa shape index (κ1) is 15.2.